The van der Waals surface area contributed by atoms with Gasteiger partial charge in [-0.3, -0.25) is 0 Å². The van der Waals surface area contributed by atoms with E-state index < -0.39 is 0 Å². The maximum Gasteiger partial charge on any atom is 0.127 e. The first-order valence-electron chi connectivity index (χ1n) is 8.20. The minimum absolute atomic E-state index is 0.651. The van der Waals surface area contributed by atoms with E-state index in [1.807, 2.05) is 6.07 Å². The van der Waals surface area contributed by atoms with Crippen LogP contribution in [-0.4, -0.2) is 36.1 Å². The van der Waals surface area contributed by atoms with E-state index in [9.17, 15) is 0 Å². The summed E-state index contributed by atoms with van der Waals surface area (Å²) in [5.74, 6) is 1.45. The quantitative estimate of drug-likeness (QED) is 0.891. The summed E-state index contributed by atoms with van der Waals surface area (Å²) in [6, 6.07) is 16.4. The maximum atomic E-state index is 8.92. The van der Waals surface area contributed by atoms with Crippen LogP contribution in [0.1, 0.15) is 17.5 Å². The van der Waals surface area contributed by atoms with E-state index in [0.29, 0.717) is 11.5 Å². The van der Waals surface area contributed by atoms with E-state index in [1.165, 1.54) is 18.5 Å². The van der Waals surface area contributed by atoms with Crippen LogP contribution in [0.3, 0.4) is 0 Å². The van der Waals surface area contributed by atoms with Gasteiger partial charge >= 0.3 is 0 Å². The van der Waals surface area contributed by atoms with Crippen molar-refractivity contribution in [1.82, 2.24) is 9.88 Å². The first-order valence-corrected chi connectivity index (χ1v) is 8.20. The van der Waals surface area contributed by atoms with Crippen LogP contribution in [0.4, 0.5) is 5.82 Å². The second-order valence-electron chi connectivity index (χ2n) is 6.11. The van der Waals surface area contributed by atoms with Gasteiger partial charge in [-0.25, -0.2) is 4.98 Å². The molecule has 1 aliphatic heterocycles. The van der Waals surface area contributed by atoms with Crippen molar-refractivity contribution >= 4 is 5.82 Å². The number of nitriles is 1. The molecular formula is C19H22N4. The molecule has 0 aliphatic carbocycles. The summed E-state index contributed by atoms with van der Waals surface area (Å²) in [5.41, 5.74) is 2.06. The number of likely N-dealkylation sites (tertiary alicyclic amines) is 1. The molecule has 0 amide bonds. The monoisotopic (exact) mass is 306 g/mol. The van der Waals surface area contributed by atoms with Gasteiger partial charge in [0.1, 0.15) is 5.82 Å². The van der Waals surface area contributed by atoms with Crippen molar-refractivity contribution in [2.75, 3.05) is 31.5 Å². The zero-order valence-electron chi connectivity index (χ0n) is 13.3. The molecule has 1 N–H and O–H groups in total. The maximum absolute atomic E-state index is 8.92. The van der Waals surface area contributed by atoms with Gasteiger partial charge in [0.2, 0.25) is 0 Å². The highest BCUT2D eigenvalue weighted by molar-refractivity contribution is 5.42. The fourth-order valence-electron chi connectivity index (χ4n) is 3.06. The SMILES string of the molecule is N#Cc1ccnc(NC[C@@H]2CCN(CCc3ccccc3)C2)c1. The van der Waals surface area contributed by atoms with Gasteiger partial charge in [-0.2, -0.15) is 5.26 Å². The van der Waals surface area contributed by atoms with Gasteiger partial charge in [-0.15, -0.1) is 0 Å². The summed E-state index contributed by atoms with van der Waals surface area (Å²) >= 11 is 0. The van der Waals surface area contributed by atoms with Gasteiger partial charge in [0.25, 0.3) is 0 Å². The Labute approximate surface area is 137 Å². The lowest BCUT2D eigenvalue weighted by Gasteiger charge is -2.16. The van der Waals surface area contributed by atoms with Crippen LogP contribution in [0.25, 0.3) is 0 Å². The number of aromatic nitrogens is 1. The van der Waals surface area contributed by atoms with E-state index >= 15 is 0 Å². The molecule has 3 rings (SSSR count). The molecule has 0 unspecified atom stereocenters. The van der Waals surface area contributed by atoms with Crippen LogP contribution in [-0.2, 0) is 6.42 Å². The molecule has 1 aromatic heterocycles. The van der Waals surface area contributed by atoms with E-state index in [0.717, 1.165) is 31.9 Å². The number of benzene rings is 1. The van der Waals surface area contributed by atoms with Gasteiger partial charge in [-0.1, -0.05) is 30.3 Å². The Hall–Kier alpha value is -2.38. The molecule has 4 nitrogen and oxygen atoms in total. The topological polar surface area (TPSA) is 52.0 Å². The first kappa shape index (κ1) is 15.5. The standard InChI is InChI=1S/C19H22N4/c20-13-17-6-9-21-19(12-17)22-14-18-8-11-23(15-18)10-7-16-4-2-1-3-5-16/h1-6,9,12,18H,7-8,10-11,14-15H2,(H,21,22)/t18-/m0/s1. The van der Waals surface area contributed by atoms with E-state index in [1.54, 1.807) is 12.3 Å². The summed E-state index contributed by atoms with van der Waals surface area (Å²) < 4.78 is 0. The fourth-order valence-corrected chi connectivity index (χ4v) is 3.06. The highest BCUT2D eigenvalue weighted by Crippen LogP contribution is 2.17. The third-order valence-electron chi connectivity index (χ3n) is 4.39. The van der Waals surface area contributed by atoms with Crippen molar-refractivity contribution in [1.29, 1.82) is 5.26 Å². The summed E-state index contributed by atoms with van der Waals surface area (Å²) in [4.78, 5) is 6.81. The Morgan fingerprint density at radius 3 is 2.96 bits per heavy atom. The van der Waals surface area contributed by atoms with E-state index in [-0.39, 0.29) is 0 Å². The van der Waals surface area contributed by atoms with Crippen molar-refractivity contribution in [2.24, 2.45) is 5.92 Å². The summed E-state index contributed by atoms with van der Waals surface area (Å²) in [5, 5.41) is 12.3. The molecule has 0 spiro atoms. The van der Waals surface area contributed by atoms with Gasteiger partial charge in [-0.05, 0) is 43.0 Å². The Bertz CT molecular complexity index is 663. The van der Waals surface area contributed by atoms with Crippen molar-refractivity contribution in [3.63, 3.8) is 0 Å². The molecule has 2 heterocycles. The highest BCUT2D eigenvalue weighted by atomic mass is 15.1. The number of hydrogen-bond donors (Lipinski definition) is 1. The number of hydrogen-bond acceptors (Lipinski definition) is 4. The smallest absolute Gasteiger partial charge is 0.127 e. The predicted molar refractivity (Wildman–Crippen MR) is 92.1 cm³/mol. The van der Waals surface area contributed by atoms with Gasteiger partial charge in [0, 0.05) is 25.8 Å². The molecule has 1 saturated heterocycles. The van der Waals surface area contributed by atoms with Crippen molar-refractivity contribution in [3.8, 4) is 6.07 Å². The van der Waals surface area contributed by atoms with E-state index in [4.69, 9.17) is 5.26 Å². The van der Waals surface area contributed by atoms with Crippen LogP contribution in [0.5, 0.6) is 0 Å². The molecule has 23 heavy (non-hydrogen) atoms. The average molecular weight is 306 g/mol. The van der Waals surface area contributed by atoms with Gasteiger partial charge in [0.05, 0.1) is 11.6 Å². The van der Waals surface area contributed by atoms with Gasteiger partial charge in [0.15, 0.2) is 0 Å². The number of pyridine rings is 1. The Morgan fingerprint density at radius 2 is 2.13 bits per heavy atom. The first-order chi connectivity index (χ1) is 11.3. The molecule has 4 heteroatoms. The third kappa shape index (κ3) is 4.54. The Kier molecular flexibility index (Phi) is 5.23. The van der Waals surface area contributed by atoms with E-state index in [2.05, 4.69) is 51.6 Å². The summed E-state index contributed by atoms with van der Waals surface area (Å²) in [7, 11) is 0. The normalized spacial score (nSPS) is 17.8. The van der Waals surface area contributed by atoms with Crippen LogP contribution >= 0.6 is 0 Å². The van der Waals surface area contributed by atoms with Crippen LogP contribution in [0, 0.1) is 17.2 Å². The number of nitrogens with one attached hydrogen (secondary N) is 1. The summed E-state index contributed by atoms with van der Waals surface area (Å²) in [6.07, 6.45) is 4.02. The lowest BCUT2D eigenvalue weighted by Crippen LogP contribution is -2.25. The third-order valence-corrected chi connectivity index (χ3v) is 4.39. The molecule has 0 saturated carbocycles. The van der Waals surface area contributed by atoms with Crippen LogP contribution in [0.15, 0.2) is 48.7 Å². The molecule has 1 atom stereocenters. The molecule has 0 bridgehead atoms. The van der Waals surface area contributed by atoms with Crippen molar-refractivity contribution in [2.45, 2.75) is 12.8 Å². The summed E-state index contributed by atoms with van der Waals surface area (Å²) in [6.45, 7) is 4.36. The van der Waals surface area contributed by atoms with Crippen molar-refractivity contribution < 1.29 is 0 Å². The number of rotatable bonds is 6. The Balaban J connectivity index is 1.42. The lowest BCUT2D eigenvalue weighted by molar-refractivity contribution is 0.330. The molecule has 1 fully saturated rings. The minimum atomic E-state index is 0.651. The zero-order chi connectivity index (χ0) is 15.9. The predicted octanol–water partition coefficient (Wildman–Crippen LogP) is 2.93. The molecule has 2 aromatic rings. The number of anilines is 1. The largest absolute Gasteiger partial charge is 0.370 e. The lowest BCUT2D eigenvalue weighted by atomic mass is 10.1. The highest BCUT2D eigenvalue weighted by Gasteiger charge is 2.21. The molecule has 1 aliphatic rings. The van der Waals surface area contributed by atoms with Gasteiger partial charge < -0.3 is 10.2 Å². The van der Waals surface area contributed by atoms with Crippen LogP contribution < -0.4 is 5.32 Å². The second-order valence-corrected chi connectivity index (χ2v) is 6.11. The molecule has 118 valence electrons. The number of nitrogens with zero attached hydrogens (tertiary/aromatic N) is 3. The van der Waals surface area contributed by atoms with Crippen LogP contribution in [0.2, 0.25) is 0 Å². The van der Waals surface area contributed by atoms with Crippen molar-refractivity contribution in [3.05, 3.63) is 59.8 Å². The Morgan fingerprint density at radius 1 is 1.26 bits per heavy atom. The fraction of sp³-hybridized carbons (Fsp3) is 0.368. The minimum Gasteiger partial charge on any atom is -0.370 e. The molecule has 1 aromatic carbocycles. The molecular weight excluding hydrogens is 284 g/mol. The second kappa shape index (κ2) is 7.75. The molecule has 0 radical (unpaired) electrons. The average Bonchev–Trinajstić information content (AvgIpc) is 3.07. The zero-order valence-corrected chi connectivity index (χ0v) is 13.3.